The van der Waals surface area contributed by atoms with E-state index in [-0.39, 0.29) is 5.91 Å². The number of rotatable bonds is 4. The van der Waals surface area contributed by atoms with Gasteiger partial charge in [0.25, 0.3) is 5.91 Å². The highest BCUT2D eigenvalue weighted by atomic mass is 16.2. The maximum absolute atomic E-state index is 12.8. The van der Waals surface area contributed by atoms with Crippen molar-refractivity contribution in [3.05, 3.63) is 35.4 Å². The molecule has 2 heterocycles. The summed E-state index contributed by atoms with van der Waals surface area (Å²) in [5.74, 6) is 0.759. The second kappa shape index (κ2) is 6.61. The van der Waals surface area contributed by atoms with Crippen LogP contribution in [0.2, 0.25) is 0 Å². The number of anilines is 2. The van der Waals surface area contributed by atoms with Crippen LogP contribution in [-0.2, 0) is 9.59 Å². The largest absolute Gasteiger partial charge is 0.384 e. The Labute approximate surface area is 164 Å². The van der Waals surface area contributed by atoms with Crippen LogP contribution in [0.5, 0.6) is 0 Å². The van der Waals surface area contributed by atoms with Crippen LogP contribution < -0.4 is 16.4 Å². The summed E-state index contributed by atoms with van der Waals surface area (Å²) in [5, 5.41) is 6.27. The van der Waals surface area contributed by atoms with Crippen LogP contribution in [0.15, 0.2) is 35.4 Å². The fraction of sp³-hybridized carbons (Fsp3) is 0.500. The number of nitrogens with zero attached hydrogens (tertiary/aromatic N) is 3. The van der Waals surface area contributed by atoms with Crippen LogP contribution in [0.4, 0.5) is 11.6 Å². The van der Waals surface area contributed by atoms with E-state index in [0.717, 1.165) is 36.9 Å². The van der Waals surface area contributed by atoms with Crippen LogP contribution in [0.1, 0.15) is 52.4 Å². The first-order valence-corrected chi connectivity index (χ1v) is 9.67. The molecule has 3 aliphatic rings. The van der Waals surface area contributed by atoms with Crippen LogP contribution in [0.25, 0.3) is 0 Å². The first-order chi connectivity index (χ1) is 13.4. The van der Waals surface area contributed by atoms with E-state index in [2.05, 4.69) is 20.6 Å². The van der Waals surface area contributed by atoms with Crippen LogP contribution in [0.3, 0.4) is 0 Å². The summed E-state index contributed by atoms with van der Waals surface area (Å²) in [6.45, 7) is 3.72. The normalized spacial score (nSPS) is 27.7. The van der Waals surface area contributed by atoms with Crippen molar-refractivity contribution < 1.29 is 9.59 Å². The van der Waals surface area contributed by atoms with Crippen molar-refractivity contribution in [2.24, 2.45) is 5.41 Å². The lowest BCUT2D eigenvalue weighted by Crippen LogP contribution is -2.54. The zero-order valence-corrected chi connectivity index (χ0v) is 16.3. The Bertz CT molecular complexity index is 888. The van der Waals surface area contributed by atoms with E-state index in [1.165, 1.54) is 25.6 Å². The smallest absolute Gasteiger partial charge is 0.270 e. The predicted octanol–water partition coefficient (Wildman–Crippen LogP) is 2.29. The molecule has 2 spiro atoms. The van der Waals surface area contributed by atoms with Gasteiger partial charge in [-0.15, -0.1) is 0 Å². The molecule has 1 atom stereocenters. The van der Waals surface area contributed by atoms with Crippen LogP contribution >= 0.6 is 0 Å². The molecule has 2 saturated carbocycles. The summed E-state index contributed by atoms with van der Waals surface area (Å²) in [7, 11) is 0. The van der Waals surface area contributed by atoms with Gasteiger partial charge in [-0.2, -0.15) is 0 Å². The molecule has 1 aromatic heterocycles. The number of nitrogen functional groups attached to an aromatic ring is 1. The maximum Gasteiger partial charge on any atom is 0.270 e. The van der Waals surface area contributed by atoms with E-state index in [1.54, 1.807) is 11.0 Å². The lowest BCUT2D eigenvalue weighted by atomic mass is 9.78. The fourth-order valence-electron chi connectivity index (χ4n) is 4.72. The number of amides is 2. The molecule has 28 heavy (non-hydrogen) atoms. The number of nitrogens with two attached hydrogens (primary N) is 1. The first-order valence-electron chi connectivity index (χ1n) is 9.67. The van der Waals surface area contributed by atoms with Gasteiger partial charge in [0, 0.05) is 11.8 Å². The summed E-state index contributed by atoms with van der Waals surface area (Å²) >= 11 is 0. The van der Waals surface area contributed by atoms with Crippen LogP contribution in [0, 0.1) is 5.41 Å². The zero-order chi connectivity index (χ0) is 19.9. The number of carbonyl (C=O) groups is 2. The third kappa shape index (κ3) is 3.23. The van der Waals surface area contributed by atoms with Crippen molar-refractivity contribution >= 4 is 24.0 Å². The average molecular weight is 382 g/mol. The first kappa shape index (κ1) is 18.5. The van der Waals surface area contributed by atoms with Gasteiger partial charge in [0.2, 0.25) is 6.41 Å². The highest BCUT2D eigenvalue weighted by Gasteiger charge is 2.58. The van der Waals surface area contributed by atoms with Crippen molar-refractivity contribution in [3.63, 3.8) is 0 Å². The molecule has 8 nitrogen and oxygen atoms in total. The number of carbonyl (C=O) groups excluding carboxylic acids is 2. The molecule has 0 bridgehead atoms. The number of allylic oxidation sites excluding steroid dienone is 3. The highest BCUT2D eigenvalue weighted by molar-refractivity contribution is 5.99. The van der Waals surface area contributed by atoms with Gasteiger partial charge in [0.05, 0.1) is 0 Å². The summed E-state index contributed by atoms with van der Waals surface area (Å²) in [4.78, 5) is 34.5. The SMILES string of the molecule is CC(/C=C(\C)Nc1cc(N)ncn1)=C1\C(=O)NC2(CCCC3(CC3)C2)N1C=O. The van der Waals surface area contributed by atoms with E-state index < -0.39 is 5.66 Å². The topological polar surface area (TPSA) is 113 Å². The van der Waals surface area contributed by atoms with Gasteiger partial charge in [-0.05, 0) is 69.4 Å². The molecular weight excluding hydrogens is 356 g/mol. The van der Waals surface area contributed by atoms with E-state index >= 15 is 0 Å². The third-order valence-corrected chi connectivity index (χ3v) is 6.11. The van der Waals surface area contributed by atoms with E-state index in [9.17, 15) is 9.59 Å². The van der Waals surface area contributed by atoms with Crippen molar-refractivity contribution in [2.75, 3.05) is 11.1 Å². The van der Waals surface area contributed by atoms with E-state index in [0.29, 0.717) is 22.7 Å². The van der Waals surface area contributed by atoms with Gasteiger partial charge in [0.15, 0.2) is 0 Å². The second-order valence-corrected chi connectivity index (χ2v) is 8.30. The Morgan fingerprint density at radius 3 is 2.75 bits per heavy atom. The summed E-state index contributed by atoms with van der Waals surface area (Å²) in [5.41, 5.74) is 7.36. The Morgan fingerprint density at radius 2 is 2.07 bits per heavy atom. The maximum atomic E-state index is 12.8. The number of hydrogen-bond acceptors (Lipinski definition) is 6. The molecule has 3 fully saturated rings. The van der Waals surface area contributed by atoms with E-state index in [4.69, 9.17) is 5.73 Å². The van der Waals surface area contributed by atoms with Gasteiger partial charge >= 0.3 is 0 Å². The third-order valence-electron chi connectivity index (χ3n) is 6.11. The average Bonchev–Trinajstić information content (AvgIpc) is 3.30. The minimum atomic E-state index is -0.569. The number of aromatic nitrogens is 2. The Kier molecular flexibility index (Phi) is 4.36. The van der Waals surface area contributed by atoms with Gasteiger partial charge in [0.1, 0.15) is 29.3 Å². The molecule has 4 rings (SSSR count). The van der Waals surface area contributed by atoms with E-state index in [1.807, 2.05) is 19.9 Å². The van der Waals surface area contributed by atoms with Crippen molar-refractivity contribution in [3.8, 4) is 0 Å². The minimum Gasteiger partial charge on any atom is -0.384 e. The molecule has 148 valence electrons. The van der Waals surface area contributed by atoms with Crippen LogP contribution in [-0.4, -0.2) is 32.8 Å². The molecule has 1 unspecified atom stereocenters. The molecule has 2 amide bonds. The summed E-state index contributed by atoms with van der Waals surface area (Å²) in [6.07, 6.45) is 10.3. The second-order valence-electron chi connectivity index (χ2n) is 8.30. The quantitative estimate of drug-likeness (QED) is 0.544. The monoisotopic (exact) mass is 382 g/mol. The lowest BCUT2D eigenvalue weighted by Gasteiger charge is -2.42. The minimum absolute atomic E-state index is 0.183. The number of nitrogens with one attached hydrogen (secondary N) is 2. The molecule has 1 aliphatic heterocycles. The Hall–Kier alpha value is -2.90. The van der Waals surface area contributed by atoms with Gasteiger partial charge in [-0.1, -0.05) is 0 Å². The van der Waals surface area contributed by atoms with Crippen molar-refractivity contribution in [2.45, 2.75) is 58.0 Å². The highest BCUT2D eigenvalue weighted by Crippen LogP contribution is 2.60. The lowest BCUT2D eigenvalue weighted by molar-refractivity contribution is -0.122. The standard InChI is InChI=1S/C20H26N6O2/c1-13(8-14(2)24-16-9-15(21)22-11-23-16)17-18(28)25-20(26(17)12-27)5-3-4-19(10-20)6-7-19/h8-9,11-12H,3-7,10H2,1-2H3,(H,25,28)(H3,21,22,23,24)/b14-8+,17-13-. The van der Waals surface area contributed by atoms with Gasteiger partial charge < -0.3 is 16.4 Å². The van der Waals surface area contributed by atoms with Gasteiger partial charge in [-0.25, -0.2) is 9.97 Å². The summed E-state index contributed by atoms with van der Waals surface area (Å²) in [6, 6.07) is 1.63. The molecule has 0 radical (unpaired) electrons. The Balaban J connectivity index is 1.61. The zero-order valence-electron chi connectivity index (χ0n) is 16.3. The van der Waals surface area contributed by atoms with Crippen molar-refractivity contribution in [1.82, 2.24) is 20.2 Å². The molecule has 8 heteroatoms. The fourth-order valence-corrected chi connectivity index (χ4v) is 4.72. The molecule has 1 aromatic rings. The molecular formula is C20H26N6O2. The van der Waals surface area contributed by atoms with Gasteiger partial charge in [-0.3, -0.25) is 14.5 Å². The summed E-state index contributed by atoms with van der Waals surface area (Å²) < 4.78 is 0. The molecule has 4 N–H and O–H groups in total. The number of hydrogen-bond donors (Lipinski definition) is 3. The molecule has 0 aromatic carbocycles. The predicted molar refractivity (Wildman–Crippen MR) is 105 cm³/mol. The molecule has 1 saturated heterocycles. The van der Waals surface area contributed by atoms with Crippen molar-refractivity contribution in [1.29, 1.82) is 0 Å². The Morgan fingerprint density at radius 1 is 1.29 bits per heavy atom. The molecule has 2 aliphatic carbocycles.